The highest BCUT2D eigenvalue weighted by molar-refractivity contribution is 5.68. The lowest BCUT2D eigenvalue weighted by atomic mass is 9.92. The van der Waals surface area contributed by atoms with Crippen molar-refractivity contribution in [3.8, 4) is 0 Å². The van der Waals surface area contributed by atoms with Gasteiger partial charge in [-0.15, -0.1) is 0 Å². The Morgan fingerprint density at radius 2 is 1.81 bits per heavy atom. The van der Waals surface area contributed by atoms with Crippen LogP contribution < -0.4 is 0 Å². The fourth-order valence-corrected chi connectivity index (χ4v) is 1.52. The summed E-state index contributed by atoms with van der Waals surface area (Å²) in [4.78, 5) is 10.5. The van der Waals surface area contributed by atoms with E-state index in [0.29, 0.717) is 5.56 Å². The first-order valence-corrected chi connectivity index (χ1v) is 4.72. The van der Waals surface area contributed by atoms with Crippen LogP contribution in [-0.2, 0) is 4.79 Å². The van der Waals surface area contributed by atoms with Gasteiger partial charge in [-0.25, -0.2) is 0 Å². The molecular formula is C11H11F3O2. The number of aliphatic carboxylic acids is 1. The summed E-state index contributed by atoms with van der Waals surface area (Å²) in [5.74, 6) is -2.24. The molecule has 1 rings (SSSR count). The van der Waals surface area contributed by atoms with Crippen molar-refractivity contribution in [2.45, 2.75) is 24.9 Å². The van der Waals surface area contributed by atoms with Crippen LogP contribution in [0.5, 0.6) is 0 Å². The van der Waals surface area contributed by atoms with E-state index in [4.69, 9.17) is 5.11 Å². The summed E-state index contributed by atoms with van der Waals surface area (Å²) in [6, 6.07) is 7.90. The Kier molecular flexibility index (Phi) is 3.93. The molecule has 0 aliphatic carbocycles. The molecule has 0 bridgehead atoms. The quantitative estimate of drug-likeness (QED) is 0.865. The Morgan fingerprint density at radius 3 is 2.25 bits per heavy atom. The fraction of sp³-hybridized carbons (Fsp3) is 0.364. The van der Waals surface area contributed by atoms with Gasteiger partial charge in [0.25, 0.3) is 0 Å². The number of carboxylic acids is 1. The van der Waals surface area contributed by atoms with Crippen molar-refractivity contribution in [3.05, 3.63) is 35.9 Å². The molecule has 0 amide bonds. The smallest absolute Gasteiger partial charge is 0.389 e. The van der Waals surface area contributed by atoms with Gasteiger partial charge in [-0.1, -0.05) is 30.3 Å². The van der Waals surface area contributed by atoms with Gasteiger partial charge >= 0.3 is 12.1 Å². The van der Waals surface area contributed by atoms with Crippen molar-refractivity contribution >= 4 is 5.97 Å². The molecule has 0 aliphatic heterocycles. The third-order valence-corrected chi connectivity index (χ3v) is 2.17. The Labute approximate surface area is 90.7 Å². The van der Waals surface area contributed by atoms with Crippen LogP contribution in [0.3, 0.4) is 0 Å². The normalized spacial score (nSPS) is 13.4. The molecule has 1 N–H and O–H groups in total. The van der Waals surface area contributed by atoms with Crippen molar-refractivity contribution < 1.29 is 23.1 Å². The van der Waals surface area contributed by atoms with E-state index >= 15 is 0 Å². The number of carboxylic acid groups (broad SMARTS) is 1. The van der Waals surface area contributed by atoms with Gasteiger partial charge in [0, 0.05) is 5.92 Å². The topological polar surface area (TPSA) is 37.3 Å². The summed E-state index contributed by atoms with van der Waals surface area (Å²) in [6.45, 7) is 0. The predicted molar refractivity (Wildman–Crippen MR) is 52.1 cm³/mol. The van der Waals surface area contributed by atoms with Crippen molar-refractivity contribution in [2.75, 3.05) is 0 Å². The summed E-state index contributed by atoms with van der Waals surface area (Å²) in [6.07, 6.45) is -5.97. The van der Waals surface area contributed by atoms with Crippen LogP contribution in [0.1, 0.15) is 24.3 Å². The molecule has 5 heteroatoms. The summed E-state index contributed by atoms with van der Waals surface area (Å²) in [5.41, 5.74) is 0.405. The van der Waals surface area contributed by atoms with Crippen LogP contribution in [0.2, 0.25) is 0 Å². The van der Waals surface area contributed by atoms with Gasteiger partial charge in [0.1, 0.15) is 0 Å². The van der Waals surface area contributed by atoms with Crippen molar-refractivity contribution in [3.63, 3.8) is 0 Å². The summed E-state index contributed by atoms with van der Waals surface area (Å²) >= 11 is 0. The highest BCUT2D eigenvalue weighted by Gasteiger charge is 2.33. The minimum Gasteiger partial charge on any atom is -0.481 e. The van der Waals surface area contributed by atoms with E-state index in [1.54, 1.807) is 18.2 Å². The maximum Gasteiger partial charge on any atom is 0.389 e. The largest absolute Gasteiger partial charge is 0.481 e. The van der Waals surface area contributed by atoms with E-state index in [0.717, 1.165) is 0 Å². The number of carbonyl (C=O) groups is 1. The van der Waals surface area contributed by atoms with Crippen molar-refractivity contribution in [1.29, 1.82) is 0 Å². The lowest BCUT2D eigenvalue weighted by molar-refractivity contribution is -0.145. The standard InChI is InChI=1S/C11H11F3O2/c12-11(13,14)7-9(6-10(15)16)8-4-2-1-3-5-8/h1-5,9H,6-7H2,(H,15,16). The van der Waals surface area contributed by atoms with Crippen molar-refractivity contribution in [1.82, 2.24) is 0 Å². The zero-order valence-corrected chi connectivity index (χ0v) is 8.37. The fourth-order valence-electron chi connectivity index (χ4n) is 1.52. The highest BCUT2D eigenvalue weighted by Crippen LogP contribution is 2.33. The Morgan fingerprint density at radius 1 is 1.25 bits per heavy atom. The average Bonchev–Trinajstić information content (AvgIpc) is 2.15. The number of benzene rings is 1. The number of rotatable bonds is 4. The number of hydrogen-bond acceptors (Lipinski definition) is 1. The first kappa shape index (κ1) is 12.5. The molecule has 1 aromatic rings. The van der Waals surface area contributed by atoms with Gasteiger partial charge < -0.3 is 5.11 Å². The Hall–Kier alpha value is -1.52. The van der Waals surface area contributed by atoms with E-state index in [9.17, 15) is 18.0 Å². The highest BCUT2D eigenvalue weighted by atomic mass is 19.4. The lowest BCUT2D eigenvalue weighted by Crippen LogP contribution is -2.16. The van der Waals surface area contributed by atoms with E-state index in [2.05, 4.69) is 0 Å². The minimum atomic E-state index is -4.35. The SMILES string of the molecule is O=C(O)CC(CC(F)(F)F)c1ccccc1. The molecule has 0 aromatic heterocycles. The molecule has 0 aliphatic rings. The first-order valence-electron chi connectivity index (χ1n) is 4.72. The second kappa shape index (κ2) is 5.01. The molecule has 16 heavy (non-hydrogen) atoms. The molecular weight excluding hydrogens is 221 g/mol. The summed E-state index contributed by atoms with van der Waals surface area (Å²) < 4.78 is 36.7. The number of hydrogen-bond donors (Lipinski definition) is 1. The van der Waals surface area contributed by atoms with Gasteiger partial charge in [0.05, 0.1) is 12.8 Å². The zero-order chi connectivity index (χ0) is 12.2. The molecule has 1 unspecified atom stereocenters. The second-order valence-corrected chi connectivity index (χ2v) is 3.52. The Balaban J connectivity index is 2.84. The monoisotopic (exact) mass is 232 g/mol. The van der Waals surface area contributed by atoms with Crippen LogP contribution in [0.4, 0.5) is 13.2 Å². The van der Waals surface area contributed by atoms with Crippen LogP contribution in [0.15, 0.2) is 30.3 Å². The van der Waals surface area contributed by atoms with Gasteiger partial charge in [-0.05, 0) is 5.56 Å². The lowest BCUT2D eigenvalue weighted by Gasteiger charge is -2.17. The summed E-state index contributed by atoms with van der Waals surface area (Å²) in [5, 5.41) is 8.57. The van der Waals surface area contributed by atoms with Crippen LogP contribution in [0, 0.1) is 0 Å². The van der Waals surface area contributed by atoms with Crippen LogP contribution in [-0.4, -0.2) is 17.3 Å². The maximum absolute atomic E-state index is 12.2. The molecule has 0 spiro atoms. The van der Waals surface area contributed by atoms with Gasteiger partial charge in [0.2, 0.25) is 0 Å². The Bertz CT molecular complexity index is 346. The molecule has 0 fully saturated rings. The first-order chi connectivity index (χ1) is 7.38. The molecule has 1 aromatic carbocycles. The number of halogens is 3. The molecule has 0 heterocycles. The molecule has 0 radical (unpaired) electrons. The van der Waals surface area contributed by atoms with Crippen LogP contribution in [0.25, 0.3) is 0 Å². The van der Waals surface area contributed by atoms with E-state index in [-0.39, 0.29) is 0 Å². The van der Waals surface area contributed by atoms with E-state index < -0.39 is 30.9 Å². The third kappa shape index (κ3) is 4.33. The van der Waals surface area contributed by atoms with Crippen LogP contribution >= 0.6 is 0 Å². The van der Waals surface area contributed by atoms with E-state index in [1.165, 1.54) is 12.1 Å². The maximum atomic E-state index is 12.2. The second-order valence-electron chi connectivity index (χ2n) is 3.52. The molecule has 88 valence electrons. The van der Waals surface area contributed by atoms with E-state index in [1.807, 2.05) is 0 Å². The minimum absolute atomic E-state index is 0.405. The zero-order valence-electron chi connectivity index (χ0n) is 8.37. The van der Waals surface area contributed by atoms with Gasteiger partial charge in [-0.2, -0.15) is 13.2 Å². The molecule has 0 saturated heterocycles. The third-order valence-electron chi connectivity index (χ3n) is 2.17. The molecule has 0 saturated carbocycles. The van der Waals surface area contributed by atoms with Crippen molar-refractivity contribution in [2.24, 2.45) is 0 Å². The molecule has 1 atom stereocenters. The average molecular weight is 232 g/mol. The van der Waals surface area contributed by atoms with Gasteiger partial charge in [-0.3, -0.25) is 4.79 Å². The number of alkyl halides is 3. The summed E-state index contributed by atoms with van der Waals surface area (Å²) in [7, 11) is 0. The van der Waals surface area contributed by atoms with Gasteiger partial charge in [0.15, 0.2) is 0 Å². The predicted octanol–water partition coefficient (Wildman–Crippen LogP) is 3.20. The molecule has 2 nitrogen and oxygen atoms in total.